The molecule has 0 saturated heterocycles. The van der Waals surface area contributed by atoms with E-state index in [0.29, 0.717) is 29.7 Å². The van der Waals surface area contributed by atoms with Gasteiger partial charge < -0.3 is 14.6 Å². The van der Waals surface area contributed by atoms with Crippen LogP contribution in [-0.4, -0.2) is 11.2 Å². The number of hydrogen-bond acceptors (Lipinski definition) is 4. The molecule has 0 fully saturated rings. The third-order valence-electron chi connectivity index (χ3n) is 2.82. The highest BCUT2D eigenvalue weighted by Crippen LogP contribution is 2.17. The Bertz CT molecular complexity index is 567. The van der Waals surface area contributed by atoms with Crippen molar-refractivity contribution >= 4 is 0 Å². The molecule has 0 spiro atoms. The van der Waals surface area contributed by atoms with Crippen LogP contribution in [0.2, 0.25) is 0 Å². The first-order chi connectivity index (χ1) is 9.54. The highest BCUT2D eigenvalue weighted by molar-refractivity contribution is 5.28. The minimum Gasteiger partial charge on any atom is -0.485 e. The Kier molecular flexibility index (Phi) is 4.74. The van der Waals surface area contributed by atoms with Crippen LogP contribution < -0.4 is 10.1 Å². The van der Waals surface area contributed by atoms with Crippen molar-refractivity contribution in [3.8, 4) is 5.75 Å². The predicted molar refractivity (Wildman–Crippen MR) is 73.9 cm³/mol. The summed E-state index contributed by atoms with van der Waals surface area (Å²) >= 11 is 0. The Labute approximate surface area is 117 Å². The van der Waals surface area contributed by atoms with E-state index in [9.17, 15) is 4.39 Å². The number of rotatable bonds is 6. The van der Waals surface area contributed by atoms with Gasteiger partial charge in [-0.05, 0) is 18.6 Å². The van der Waals surface area contributed by atoms with Crippen molar-refractivity contribution in [2.45, 2.75) is 40.0 Å². The van der Waals surface area contributed by atoms with Gasteiger partial charge in [0, 0.05) is 24.7 Å². The first-order valence-electron chi connectivity index (χ1n) is 6.61. The van der Waals surface area contributed by atoms with Gasteiger partial charge in [-0.15, -0.1) is 0 Å². The highest BCUT2D eigenvalue weighted by atomic mass is 19.1. The molecule has 2 rings (SSSR count). The third-order valence-corrected chi connectivity index (χ3v) is 2.82. The summed E-state index contributed by atoms with van der Waals surface area (Å²) in [7, 11) is 0. The van der Waals surface area contributed by atoms with E-state index in [0.717, 1.165) is 5.69 Å². The SMILES string of the molecule is Cc1ccc(OCc2cc(CNC(C)C)no2)cc1F. The minimum atomic E-state index is -0.276. The molecule has 0 unspecified atom stereocenters. The van der Waals surface area contributed by atoms with E-state index in [2.05, 4.69) is 24.3 Å². The highest BCUT2D eigenvalue weighted by Gasteiger charge is 2.06. The van der Waals surface area contributed by atoms with Gasteiger partial charge in [0.1, 0.15) is 18.2 Å². The molecule has 0 aliphatic rings. The van der Waals surface area contributed by atoms with E-state index in [4.69, 9.17) is 9.26 Å². The molecule has 1 heterocycles. The monoisotopic (exact) mass is 278 g/mol. The van der Waals surface area contributed by atoms with Crippen molar-refractivity contribution in [3.63, 3.8) is 0 Å². The second-order valence-electron chi connectivity index (χ2n) is 5.02. The van der Waals surface area contributed by atoms with E-state index >= 15 is 0 Å². The van der Waals surface area contributed by atoms with Gasteiger partial charge in [0.25, 0.3) is 0 Å². The van der Waals surface area contributed by atoms with Gasteiger partial charge in [0.2, 0.25) is 0 Å². The fourth-order valence-corrected chi connectivity index (χ4v) is 1.63. The molecule has 1 aromatic heterocycles. The van der Waals surface area contributed by atoms with E-state index in [1.807, 2.05) is 6.07 Å². The number of benzene rings is 1. The Morgan fingerprint density at radius 2 is 2.15 bits per heavy atom. The fourth-order valence-electron chi connectivity index (χ4n) is 1.63. The topological polar surface area (TPSA) is 47.3 Å². The lowest BCUT2D eigenvalue weighted by molar-refractivity contribution is 0.247. The van der Waals surface area contributed by atoms with Crippen molar-refractivity contribution in [1.29, 1.82) is 0 Å². The molecular formula is C15H19FN2O2. The first kappa shape index (κ1) is 14.5. The lowest BCUT2D eigenvalue weighted by Gasteiger charge is -2.04. The molecule has 1 aromatic carbocycles. The molecule has 0 aliphatic heterocycles. The normalized spacial score (nSPS) is 11.1. The Morgan fingerprint density at radius 3 is 2.85 bits per heavy atom. The van der Waals surface area contributed by atoms with Crippen LogP contribution in [0, 0.1) is 12.7 Å². The zero-order valence-electron chi connectivity index (χ0n) is 11.9. The molecule has 2 aromatic rings. The average Bonchev–Trinajstić information content (AvgIpc) is 2.86. The molecule has 4 nitrogen and oxygen atoms in total. The van der Waals surface area contributed by atoms with E-state index in [1.54, 1.807) is 19.1 Å². The van der Waals surface area contributed by atoms with Crippen LogP contribution in [0.15, 0.2) is 28.8 Å². The number of nitrogens with one attached hydrogen (secondary N) is 1. The van der Waals surface area contributed by atoms with Gasteiger partial charge in [0.05, 0.1) is 5.69 Å². The van der Waals surface area contributed by atoms with E-state index in [1.165, 1.54) is 6.07 Å². The van der Waals surface area contributed by atoms with E-state index < -0.39 is 0 Å². The number of halogens is 1. The standard InChI is InChI=1S/C15H19FN2O2/c1-10(2)17-8-12-6-14(20-18-12)9-19-13-5-4-11(3)15(16)7-13/h4-7,10,17H,8-9H2,1-3H3. The van der Waals surface area contributed by atoms with Crippen LogP contribution in [0.3, 0.4) is 0 Å². The Balaban J connectivity index is 1.89. The summed E-state index contributed by atoms with van der Waals surface area (Å²) in [5.41, 5.74) is 1.42. The van der Waals surface area contributed by atoms with Gasteiger partial charge >= 0.3 is 0 Å². The second-order valence-corrected chi connectivity index (χ2v) is 5.02. The van der Waals surface area contributed by atoms with Crippen molar-refractivity contribution in [2.75, 3.05) is 0 Å². The van der Waals surface area contributed by atoms with Crippen LogP contribution >= 0.6 is 0 Å². The summed E-state index contributed by atoms with van der Waals surface area (Å²) in [6.45, 7) is 6.73. The zero-order valence-corrected chi connectivity index (χ0v) is 11.9. The predicted octanol–water partition coefficient (Wildman–Crippen LogP) is 3.20. The Hall–Kier alpha value is -1.88. The van der Waals surface area contributed by atoms with Crippen LogP contribution in [0.5, 0.6) is 5.75 Å². The summed E-state index contributed by atoms with van der Waals surface area (Å²) < 4.78 is 24.0. The molecule has 20 heavy (non-hydrogen) atoms. The van der Waals surface area contributed by atoms with Crippen LogP contribution in [0.1, 0.15) is 30.9 Å². The summed E-state index contributed by atoms with van der Waals surface area (Å²) in [5.74, 6) is 0.819. The van der Waals surface area contributed by atoms with Crippen LogP contribution in [-0.2, 0) is 13.2 Å². The minimum absolute atomic E-state index is 0.233. The molecule has 0 atom stereocenters. The molecule has 0 amide bonds. The van der Waals surface area contributed by atoms with Gasteiger partial charge in [0.15, 0.2) is 5.76 Å². The van der Waals surface area contributed by atoms with Crippen molar-refractivity contribution in [2.24, 2.45) is 0 Å². The first-order valence-corrected chi connectivity index (χ1v) is 6.61. The quantitative estimate of drug-likeness (QED) is 0.881. The van der Waals surface area contributed by atoms with Crippen molar-refractivity contribution in [3.05, 3.63) is 47.1 Å². The molecule has 108 valence electrons. The van der Waals surface area contributed by atoms with Crippen LogP contribution in [0.4, 0.5) is 4.39 Å². The van der Waals surface area contributed by atoms with Gasteiger partial charge in [-0.1, -0.05) is 25.1 Å². The molecule has 1 N–H and O–H groups in total. The second kappa shape index (κ2) is 6.52. The van der Waals surface area contributed by atoms with Gasteiger partial charge in [-0.2, -0.15) is 0 Å². The maximum absolute atomic E-state index is 13.4. The largest absolute Gasteiger partial charge is 0.485 e. The summed E-state index contributed by atoms with van der Waals surface area (Å²) in [6.07, 6.45) is 0. The number of ether oxygens (including phenoxy) is 1. The zero-order chi connectivity index (χ0) is 14.5. The molecule has 0 radical (unpaired) electrons. The molecule has 0 bridgehead atoms. The molecule has 0 aliphatic carbocycles. The Morgan fingerprint density at radius 1 is 1.35 bits per heavy atom. The summed E-state index contributed by atoms with van der Waals surface area (Å²) in [6, 6.07) is 7.01. The van der Waals surface area contributed by atoms with Gasteiger partial charge in [-0.25, -0.2) is 4.39 Å². The number of nitrogens with zero attached hydrogens (tertiary/aromatic N) is 1. The van der Waals surface area contributed by atoms with Crippen molar-refractivity contribution < 1.29 is 13.7 Å². The van der Waals surface area contributed by atoms with Crippen molar-refractivity contribution in [1.82, 2.24) is 10.5 Å². The maximum atomic E-state index is 13.4. The lowest BCUT2D eigenvalue weighted by atomic mass is 10.2. The fraction of sp³-hybridized carbons (Fsp3) is 0.400. The third kappa shape index (κ3) is 4.06. The van der Waals surface area contributed by atoms with E-state index in [-0.39, 0.29) is 12.4 Å². The smallest absolute Gasteiger partial charge is 0.174 e. The number of aromatic nitrogens is 1. The molecule has 0 saturated carbocycles. The maximum Gasteiger partial charge on any atom is 0.174 e. The summed E-state index contributed by atoms with van der Waals surface area (Å²) in [4.78, 5) is 0. The van der Waals surface area contributed by atoms with Crippen LogP contribution in [0.25, 0.3) is 0 Å². The lowest BCUT2D eigenvalue weighted by Crippen LogP contribution is -2.21. The summed E-state index contributed by atoms with van der Waals surface area (Å²) in [5, 5.41) is 7.19. The average molecular weight is 278 g/mol. The number of aryl methyl sites for hydroxylation is 1. The van der Waals surface area contributed by atoms with Gasteiger partial charge in [-0.3, -0.25) is 0 Å². The molecular weight excluding hydrogens is 259 g/mol. The molecule has 5 heteroatoms. The number of hydrogen-bond donors (Lipinski definition) is 1.